The fraction of sp³-hybridized carbons (Fsp3) is 0.0857. The van der Waals surface area contributed by atoms with E-state index in [2.05, 4.69) is 162 Å². The Balaban J connectivity index is 2.38. The van der Waals surface area contributed by atoms with Gasteiger partial charge in [-0.2, -0.15) is 0 Å². The van der Waals surface area contributed by atoms with Gasteiger partial charge in [0.1, 0.15) is 0 Å². The fourth-order valence-corrected chi connectivity index (χ4v) is 18.6. The van der Waals surface area contributed by atoms with Crippen LogP contribution in [0.15, 0.2) is 168 Å². The van der Waals surface area contributed by atoms with Crippen molar-refractivity contribution in [3.8, 4) is 0 Å². The van der Waals surface area contributed by atoms with Crippen LogP contribution in [0.4, 0.5) is 0 Å². The molecular weight excluding hydrogens is 477 g/mol. The molecule has 0 spiro atoms. The van der Waals surface area contributed by atoms with Crippen LogP contribution in [0.1, 0.15) is 20.8 Å². The molecule has 184 valence electrons. The topological polar surface area (TPSA) is 0 Å². The summed E-state index contributed by atoms with van der Waals surface area (Å²) < 4.78 is 0. The standard InChI is InChI=1S/C35H36Si2/c1-7-20-28(6)36(30-22-14-12-15-23-30)32(10-4)33(11-5)37(29(9-3)21-8-2,31-24-16-13-17-25-31)35-27-19-18-26-34(35)36/h7-27H,1,4-5H2,2-3,6H3. The molecule has 0 N–H and O–H groups in total. The van der Waals surface area contributed by atoms with Crippen molar-refractivity contribution in [3.63, 3.8) is 0 Å². The lowest BCUT2D eigenvalue weighted by molar-refractivity contribution is 1.50. The van der Waals surface area contributed by atoms with E-state index in [4.69, 9.17) is 0 Å². The molecule has 0 bridgehead atoms. The quantitative estimate of drug-likeness (QED) is 0.245. The summed E-state index contributed by atoms with van der Waals surface area (Å²) in [5.74, 6) is 0. The molecule has 0 aromatic heterocycles. The average molecular weight is 513 g/mol. The van der Waals surface area contributed by atoms with E-state index in [0.717, 1.165) is 0 Å². The highest BCUT2D eigenvalue weighted by Crippen LogP contribution is 2.38. The third-order valence-electron chi connectivity index (χ3n) is 7.70. The molecule has 0 amide bonds. The predicted molar refractivity (Wildman–Crippen MR) is 169 cm³/mol. The molecule has 3 aromatic rings. The van der Waals surface area contributed by atoms with Gasteiger partial charge in [-0.3, -0.25) is 0 Å². The molecule has 0 nitrogen and oxygen atoms in total. The summed E-state index contributed by atoms with van der Waals surface area (Å²) in [5, 5.41) is 11.0. The molecule has 37 heavy (non-hydrogen) atoms. The minimum absolute atomic E-state index is 1.34. The van der Waals surface area contributed by atoms with E-state index in [0.29, 0.717) is 0 Å². The van der Waals surface area contributed by atoms with Crippen molar-refractivity contribution in [2.24, 2.45) is 0 Å². The second kappa shape index (κ2) is 11.1. The van der Waals surface area contributed by atoms with Crippen LogP contribution in [0.3, 0.4) is 0 Å². The Morgan fingerprint density at radius 2 is 1.11 bits per heavy atom. The Labute approximate surface area is 225 Å². The van der Waals surface area contributed by atoms with Crippen molar-refractivity contribution < 1.29 is 0 Å². The summed E-state index contributed by atoms with van der Waals surface area (Å²) in [6.07, 6.45) is 15.2. The Morgan fingerprint density at radius 1 is 0.649 bits per heavy atom. The first-order valence-electron chi connectivity index (χ1n) is 12.9. The molecule has 1 heterocycles. The third kappa shape index (κ3) is 3.88. The zero-order chi connectivity index (χ0) is 26.5. The van der Waals surface area contributed by atoms with Gasteiger partial charge in [-0.25, -0.2) is 0 Å². The normalized spacial score (nSPS) is 22.0. The molecule has 2 unspecified atom stereocenters. The predicted octanol–water partition coefficient (Wildman–Crippen LogP) is 6.31. The molecule has 0 saturated heterocycles. The van der Waals surface area contributed by atoms with Crippen molar-refractivity contribution in [2.45, 2.75) is 20.8 Å². The van der Waals surface area contributed by atoms with E-state index >= 15 is 0 Å². The Morgan fingerprint density at radius 3 is 1.57 bits per heavy atom. The van der Waals surface area contributed by atoms with Gasteiger partial charge >= 0.3 is 0 Å². The van der Waals surface area contributed by atoms with E-state index in [1.165, 1.54) is 41.5 Å². The molecule has 1 aliphatic rings. The first-order valence-corrected chi connectivity index (χ1v) is 16.9. The molecule has 0 saturated carbocycles. The van der Waals surface area contributed by atoms with Crippen molar-refractivity contribution in [3.05, 3.63) is 168 Å². The zero-order valence-electron chi connectivity index (χ0n) is 22.2. The van der Waals surface area contributed by atoms with Gasteiger partial charge in [0.2, 0.25) is 0 Å². The van der Waals surface area contributed by atoms with E-state index in [1.54, 1.807) is 0 Å². The van der Waals surface area contributed by atoms with Crippen LogP contribution in [0.25, 0.3) is 0 Å². The zero-order valence-corrected chi connectivity index (χ0v) is 24.2. The summed E-state index contributed by atoms with van der Waals surface area (Å²) in [4.78, 5) is 0. The molecule has 4 rings (SSSR count). The maximum atomic E-state index is 4.48. The molecule has 2 atom stereocenters. The van der Waals surface area contributed by atoms with Gasteiger partial charge in [0.15, 0.2) is 16.1 Å². The second-order valence-corrected chi connectivity index (χ2v) is 17.0. The number of hydrogen-bond acceptors (Lipinski definition) is 0. The number of allylic oxidation sites excluding steroid dienone is 11. The largest absolute Gasteiger partial charge is 0.179 e. The maximum Gasteiger partial charge on any atom is 0.179 e. The number of hydrogen-bond donors (Lipinski definition) is 0. The summed E-state index contributed by atoms with van der Waals surface area (Å²) in [5.41, 5.74) is 0. The van der Waals surface area contributed by atoms with Crippen LogP contribution >= 0.6 is 0 Å². The minimum atomic E-state index is -2.69. The Kier molecular flexibility index (Phi) is 7.92. The molecule has 3 aromatic carbocycles. The lowest BCUT2D eigenvalue weighted by Gasteiger charge is -2.49. The van der Waals surface area contributed by atoms with Crippen molar-refractivity contribution in [1.82, 2.24) is 0 Å². The molecule has 0 radical (unpaired) electrons. The summed E-state index contributed by atoms with van der Waals surface area (Å²) in [6.45, 7) is 19.6. The highest BCUT2D eigenvalue weighted by atomic mass is 28.3. The third-order valence-corrected chi connectivity index (χ3v) is 18.3. The van der Waals surface area contributed by atoms with Gasteiger partial charge in [-0.15, -0.1) is 0 Å². The van der Waals surface area contributed by atoms with Crippen molar-refractivity contribution >= 4 is 36.9 Å². The molecule has 0 fully saturated rings. The number of fused-ring (bicyclic) bond motifs is 1. The summed E-state index contributed by atoms with van der Waals surface area (Å²) in [7, 11) is -5.34. The van der Waals surface area contributed by atoms with Crippen LogP contribution in [0.2, 0.25) is 0 Å². The Bertz CT molecular complexity index is 1440. The Hall–Kier alpha value is -3.73. The van der Waals surface area contributed by atoms with Crippen LogP contribution in [-0.4, -0.2) is 16.1 Å². The van der Waals surface area contributed by atoms with E-state index in [9.17, 15) is 0 Å². The summed E-state index contributed by atoms with van der Waals surface area (Å²) in [6, 6.07) is 31.3. The molecular formula is C35H36Si2. The van der Waals surface area contributed by atoms with E-state index in [1.807, 2.05) is 6.08 Å². The highest BCUT2D eigenvalue weighted by molar-refractivity contribution is 7.24. The van der Waals surface area contributed by atoms with Crippen molar-refractivity contribution in [2.75, 3.05) is 0 Å². The maximum absolute atomic E-state index is 4.48. The van der Waals surface area contributed by atoms with Crippen molar-refractivity contribution in [1.29, 1.82) is 0 Å². The first-order chi connectivity index (χ1) is 18.1. The average Bonchev–Trinajstić information content (AvgIpc) is 2.95. The van der Waals surface area contributed by atoms with Gasteiger partial charge in [-0.1, -0.05) is 152 Å². The number of rotatable bonds is 8. The van der Waals surface area contributed by atoms with Gasteiger partial charge in [0, 0.05) is 0 Å². The van der Waals surface area contributed by atoms with E-state index in [-0.39, 0.29) is 0 Å². The molecule has 0 aliphatic carbocycles. The number of benzene rings is 3. The molecule has 1 aliphatic heterocycles. The van der Waals surface area contributed by atoms with Gasteiger partial charge in [0.25, 0.3) is 0 Å². The first kappa shape index (κ1) is 26.3. The lowest BCUT2D eigenvalue weighted by atomic mass is 10.3. The lowest BCUT2D eigenvalue weighted by Crippen LogP contribution is -2.77. The highest BCUT2D eigenvalue weighted by Gasteiger charge is 2.56. The van der Waals surface area contributed by atoms with Crippen LogP contribution in [0, 0.1) is 0 Å². The van der Waals surface area contributed by atoms with Gasteiger partial charge < -0.3 is 0 Å². The monoisotopic (exact) mass is 512 g/mol. The van der Waals surface area contributed by atoms with E-state index < -0.39 is 16.1 Å². The minimum Gasteiger partial charge on any atom is -0.0991 e. The SMILES string of the molecule is C=CC=C(C)[Si]1(c2ccccc2)C(C=C)=C(C=C)[Si](C(C=CC)=CC)(c2ccccc2)c2ccccc21. The molecule has 2 heteroatoms. The van der Waals surface area contributed by atoms with Crippen LogP contribution in [0.5, 0.6) is 0 Å². The smallest absolute Gasteiger partial charge is 0.0991 e. The van der Waals surface area contributed by atoms with Crippen LogP contribution in [-0.2, 0) is 0 Å². The van der Waals surface area contributed by atoms with Crippen LogP contribution < -0.4 is 20.7 Å². The second-order valence-electron chi connectivity index (χ2n) is 9.34. The van der Waals surface area contributed by atoms with Gasteiger partial charge in [0.05, 0.1) is 0 Å². The summed E-state index contributed by atoms with van der Waals surface area (Å²) >= 11 is 0. The van der Waals surface area contributed by atoms with Gasteiger partial charge in [-0.05, 0) is 57.1 Å². The fourth-order valence-electron chi connectivity index (χ4n) is 6.40.